The van der Waals surface area contributed by atoms with E-state index in [1.165, 1.54) is 0 Å². The predicted octanol–water partition coefficient (Wildman–Crippen LogP) is 4.39. The lowest BCUT2D eigenvalue weighted by Gasteiger charge is -2.13. The van der Waals surface area contributed by atoms with Crippen LogP contribution in [0, 0.1) is 0 Å². The number of carbonyl (C=O) groups excluding carboxylic acids is 1. The Bertz CT molecular complexity index is 626. The zero-order valence-electron chi connectivity index (χ0n) is 11.4. The number of Topliss-reactive ketones (excluding diaryl/α,β-unsaturated/α-hetero) is 1. The number of ether oxygens (including phenoxy) is 1. The molecule has 0 aromatic heterocycles. The van der Waals surface area contributed by atoms with Crippen LogP contribution in [0.2, 0.25) is 0 Å². The van der Waals surface area contributed by atoms with E-state index in [1.54, 1.807) is 6.92 Å². The van der Waals surface area contributed by atoms with Gasteiger partial charge in [-0.25, -0.2) is 0 Å². The molecule has 0 aliphatic carbocycles. The Morgan fingerprint density at radius 3 is 2.58 bits per heavy atom. The minimum absolute atomic E-state index is 0.0241. The molecule has 0 heterocycles. The van der Waals surface area contributed by atoms with E-state index < -0.39 is 0 Å². The molecule has 98 valence electrons. The monoisotopic (exact) mass is 254 g/mol. The van der Waals surface area contributed by atoms with E-state index >= 15 is 0 Å². The topological polar surface area (TPSA) is 26.3 Å². The molecule has 2 nitrogen and oxygen atoms in total. The molecule has 2 aromatic rings. The minimum atomic E-state index is 0.0241. The van der Waals surface area contributed by atoms with Crippen molar-refractivity contribution in [1.82, 2.24) is 0 Å². The van der Waals surface area contributed by atoms with Gasteiger partial charge in [-0.3, -0.25) is 4.79 Å². The predicted molar refractivity (Wildman–Crippen MR) is 78.9 cm³/mol. The Labute approximate surface area is 113 Å². The summed E-state index contributed by atoms with van der Waals surface area (Å²) in [6.07, 6.45) is 0.792. The number of benzene rings is 2. The molecule has 0 N–H and O–H groups in total. The molecule has 0 bridgehead atoms. The molecule has 2 rings (SSSR count). The van der Waals surface area contributed by atoms with Gasteiger partial charge in [0.1, 0.15) is 5.75 Å². The van der Waals surface area contributed by atoms with Crippen LogP contribution in [-0.4, -0.2) is 12.4 Å². The molecule has 0 unspecified atom stereocenters. The van der Waals surface area contributed by atoms with E-state index in [0.29, 0.717) is 17.9 Å². The second-order valence-electron chi connectivity index (χ2n) is 4.78. The summed E-state index contributed by atoms with van der Waals surface area (Å²) in [6, 6.07) is 11.7. The van der Waals surface area contributed by atoms with Crippen molar-refractivity contribution in [2.45, 2.75) is 20.3 Å². The van der Waals surface area contributed by atoms with Crippen LogP contribution in [0.5, 0.6) is 5.75 Å². The summed E-state index contributed by atoms with van der Waals surface area (Å²) in [5.74, 6) is 0.711. The summed E-state index contributed by atoms with van der Waals surface area (Å²) >= 11 is 0. The van der Waals surface area contributed by atoms with E-state index in [-0.39, 0.29) is 5.78 Å². The Morgan fingerprint density at radius 2 is 1.89 bits per heavy atom. The van der Waals surface area contributed by atoms with Gasteiger partial charge in [0.25, 0.3) is 0 Å². The normalized spacial score (nSPS) is 10.4. The first kappa shape index (κ1) is 13.3. The lowest BCUT2D eigenvalue weighted by atomic mass is 10.0. The minimum Gasteiger partial charge on any atom is -0.492 e. The second-order valence-corrected chi connectivity index (χ2v) is 4.78. The number of rotatable bonds is 5. The van der Waals surface area contributed by atoms with Gasteiger partial charge in [0.15, 0.2) is 5.78 Å². The molecule has 0 saturated carbocycles. The molecule has 2 aromatic carbocycles. The highest BCUT2D eigenvalue weighted by atomic mass is 16.5. The molecule has 0 radical (unpaired) electrons. The zero-order valence-corrected chi connectivity index (χ0v) is 11.4. The van der Waals surface area contributed by atoms with E-state index in [0.717, 1.165) is 22.8 Å². The third-order valence-electron chi connectivity index (χ3n) is 3.03. The molecular weight excluding hydrogens is 236 g/mol. The maximum absolute atomic E-state index is 11.7. The van der Waals surface area contributed by atoms with Gasteiger partial charge in [0, 0.05) is 11.8 Å². The lowest BCUT2D eigenvalue weighted by Crippen LogP contribution is -2.04. The van der Waals surface area contributed by atoms with Crippen molar-refractivity contribution >= 4 is 16.6 Å². The van der Waals surface area contributed by atoms with Gasteiger partial charge in [-0.2, -0.15) is 0 Å². The van der Waals surface area contributed by atoms with Crippen molar-refractivity contribution in [1.29, 1.82) is 0 Å². The average Bonchev–Trinajstić information content (AvgIpc) is 2.38. The van der Waals surface area contributed by atoms with Crippen molar-refractivity contribution in [3.8, 4) is 5.75 Å². The first-order valence-electron chi connectivity index (χ1n) is 6.39. The van der Waals surface area contributed by atoms with Crippen LogP contribution in [0.25, 0.3) is 10.8 Å². The second kappa shape index (κ2) is 5.70. The largest absolute Gasteiger partial charge is 0.492 e. The van der Waals surface area contributed by atoms with Crippen LogP contribution in [0.4, 0.5) is 0 Å². The van der Waals surface area contributed by atoms with Crippen LogP contribution in [0.3, 0.4) is 0 Å². The highest BCUT2D eigenvalue weighted by molar-refractivity contribution is 6.03. The summed E-state index contributed by atoms with van der Waals surface area (Å²) in [7, 11) is 0. The SMILES string of the molecule is C=C(C)CCOc1c(C(C)=O)ccc2ccccc12. The number of carbonyl (C=O) groups is 1. The third-order valence-corrected chi connectivity index (χ3v) is 3.03. The van der Waals surface area contributed by atoms with E-state index in [9.17, 15) is 4.79 Å². The smallest absolute Gasteiger partial charge is 0.163 e. The van der Waals surface area contributed by atoms with Crippen LogP contribution < -0.4 is 4.74 Å². The molecule has 19 heavy (non-hydrogen) atoms. The van der Waals surface area contributed by atoms with Gasteiger partial charge < -0.3 is 4.74 Å². The Morgan fingerprint density at radius 1 is 1.16 bits per heavy atom. The van der Waals surface area contributed by atoms with Gasteiger partial charge in [0.2, 0.25) is 0 Å². The lowest BCUT2D eigenvalue weighted by molar-refractivity contribution is 0.101. The van der Waals surface area contributed by atoms with Crippen LogP contribution >= 0.6 is 0 Å². The molecule has 0 fully saturated rings. The van der Waals surface area contributed by atoms with Gasteiger partial charge in [-0.05, 0) is 25.3 Å². The van der Waals surface area contributed by atoms with Crippen LogP contribution in [0.15, 0.2) is 48.6 Å². The number of hydrogen-bond donors (Lipinski definition) is 0. The first-order chi connectivity index (χ1) is 9.09. The number of fused-ring (bicyclic) bond motifs is 1. The molecule has 0 atom stereocenters. The van der Waals surface area contributed by atoms with Crippen molar-refractivity contribution in [2.24, 2.45) is 0 Å². The standard InChI is InChI=1S/C17H18O2/c1-12(2)10-11-19-17-15(13(3)18)9-8-14-6-4-5-7-16(14)17/h4-9H,1,10-11H2,2-3H3. The number of ketones is 1. The van der Waals surface area contributed by atoms with Crippen LogP contribution in [-0.2, 0) is 0 Å². The van der Waals surface area contributed by atoms with Gasteiger partial charge >= 0.3 is 0 Å². The fraction of sp³-hybridized carbons (Fsp3) is 0.235. The molecule has 0 spiro atoms. The molecule has 0 saturated heterocycles. The van der Waals surface area contributed by atoms with Crippen molar-refractivity contribution in [2.75, 3.05) is 6.61 Å². The van der Waals surface area contributed by atoms with E-state index in [4.69, 9.17) is 4.74 Å². The maximum atomic E-state index is 11.7. The summed E-state index contributed by atoms with van der Waals surface area (Å²) < 4.78 is 5.84. The summed E-state index contributed by atoms with van der Waals surface area (Å²) in [5.41, 5.74) is 1.71. The van der Waals surface area contributed by atoms with E-state index in [1.807, 2.05) is 43.3 Å². The highest BCUT2D eigenvalue weighted by Crippen LogP contribution is 2.30. The third kappa shape index (κ3) is 3.02. The number of hydrogen-bond acceptors (Lipinski definition) is 2. The van der Waals surface area contributed by atoms with Crippen LogP contribution in [0.1, 0.15) is 30.6 Å². The summed E-state index contributed by atoms with van der Waals surface area (Å²) in [4.78, 5) is 11.7. The zero-order chi connectivity index (χ0) is 13.8. The van der Waals surface area contributed by atoms with Gasteiger partial charge in [-0.1, -0.05) is 35.9 Å². The summed E-state index contributed by atoms with van der Waals surface area (Å²) in [5, 5.41) is 2.06. The quantitative estimate of drug-likeness (QED) is 0.584. The molecule has 2 heteroatoms. The fourth-order valence-electron chi connectivity index (χ4n) is 2.00. The molecule has 0 aliphatic rings. The molecular formula is C17H18O2. The maximum Gasteiger partial charge on any atom is 0.163 e. The van der Waals surface area contributed by atoms with Gasteiger partial charge in [0.05, 0.1) is 12.2 Å². The average molecular weight is 254 g/mol. The van der Waals surface area contributed by atoms with Gasteiger partial charge in [-0.15, -0.1) is 6.58 Å². The fourth-order valence-corrected chi connectivity index (χ4v) is 2.00. The van der Waals surface area contributed by atoms with Crippen molar-refractivity contribution < 1.29 is 9.53 Å². The highest BCUT2D eigenvalue weighted by Gasteiger charge is 2.12. The summed E-state index contributed by atoms with van der Waals surface area (Å²) in [6.45, 7) is 7.94. The molecule has 0 aliphatic heterocycles. The Kier molecular flexibility index (Phi) is 4.00. The Balaban J connectivity index is 2.43. The first-order valence-corrected chi connectivity index (χ1v) is 6.39. The van der Waals surface area contributed by atoms with Crippen molar-refractivity contribution in [3.05, 3.63) is 54.1 Å². The molecule has 0 amide bonds. The van der Waals surface area contributed by atoms with Crippen molar-refractivity contribution in [3.63, 3.8) is 0 Å². The Hall–Kier alpha value is -2.09. The van der Waals surface area contributed by atoms with E-state index in [2.05, 4.69) is 6.58 Å².